The van der Waals surface area contributed by atoms with Gasteiger partial charge in [-0.2, -0.15) is 0 Å². The van der Waals surface area contributed by atoms with E-state index in [1.54, 1.807) is 7.11 Å². The summed E-state index contributed by atoms with van der Waals surface area (Å²) >= 11 is 0. The third kappa shape index (κ3) is 3.05. The number of rotatable bonds is 3. The van der Waals surface area contributed by atoms with Crippen LogP contribution >= 0.6 is 0 Å². The SMILES string of the molecule is COc1ccc2c(c1)OC(C)(C)[C@H]1C[C@@H]3CN(CC(=O)O)CC[C@@H]3O[C@H]21. The molecule has 0 amide bonds. The summed E-state index contributed by atoms with van der Waals surface area (Å²) in [6.45, 7) is 5.91. The Morgan fingerprint density at radius 1 is 1.42 bits per heavy atom. The fourth-order valence-electron chi connectivity index (χ4n) is 4.82. The molecule has 4 rings (SSSR count). The van der Waals surface area contributed by atoms with E-state index in [4.69, 9.17) is 19.3 Å². The quantitative estimate of drug-likeness (QED) is 0.893. The van der Waals surface area contributed by atoms with Crippen LogP contribution in [0.25, 0.3) is 0 Å². The molecule has 0 spiro atoms. The average Bonchev–Trinajstić information content (AvgIpc) is 2.59. The first-order chi connectivity index (χ1) is 12.4. The first-order valence-corrected chi connectivity index (χ1v) is 9.34. The number of aliphatic carboxylic acids is 1. The van der Waals surface area contributed by atoms with Gasteiger partial charge in [0.2, 0.25) is 0 Å². The minimum absolute atomic E-state index is 0.0203. The van der Waals surface area contributed by atoms with Crippen molar-refractivity contribution in [2.24, 2.45) is 11.8 Å². The molecule has 6 heteroatoms. The molecule has 26 heavy (non-hydrogen) atoms. The van der Waals surface area contributed by atoms with Gasteiger partial charge in [-0.3, -0.25) is 9.69 Å². The van der Waals surface area contributed by atoms with Gasteiger partial charge in [-0.25, -0.2) is 0 Å². The lowest BCUT2D eigenvalue weighted by atomic mass is 9.70. The van der Waals surface area contributed by atoms with Crippen LogP contribution in [0.2, 0.25) is 0 Å². The molecular weight excluding hydrogens is 334 g/mol. The van der Waals surface area contributed by atoms with Gasteiger partial charge in [-0.15, -0.1) is 0 Å². The van der Waals surface area contributed by atoms with Crippen molar-refractivity contribution in [1.82, 2.24) is 4.90 Å². The molecule has 0 unspecified atom stereocenters. The van der Waals surface area contributed by atoms with Gasteiger partial charge >= 0.3 is 5.97 Å². The van der Waals surface area contributed by atoms with Crippen LogP contribution in [-0.4, -0.2) is 54.4 Å². The van der Waals surface area contributed by atoms with Crippen molar-refractivity contribution in [3.8, 4) is 11.5 Å². The van der Waals surface area contributed by atoms with E-state index in [-0.39, 0.29) is 30.3 Å². The number of hydrogen-bond acceptors (Lipinski definition) is 5. The molecule has 2 fully saturated rings. The summed E-state index contributed by atoms with van der Waals surface area (Å²) in [5, 5.41) is 9.08. The Balaban J connectivity index is 1.59. The van der Waals surface area contributed by atoms with E-state index < -0.39 is 5.97 Å². The summed E-state index contributed by atoms with van der Waals surface area (Å²) in [6.07, 6.45) is 2.08. The Morgan fingerprint density at radius 3 is 2.96 bits per heavy atom. The second-order valence-corrected chi connectivity index (χ2v) is 8.22. The maximum Gasteiger partial charge on any atom is 0.317 e. The van der Waals surface area contributed by atoms with Crippen molar-refractivity contribution < 1.29 is 24.1 Å². The molecule has 0 bridgehead atoms. The number of nitrogens with zero attached hydrogens (tertiary/aromatic N) is 1. The Hall–Kier alpha value is -1.79. The summed E-state index contributed by atoms with van der Waals surface area (Å²) < 4.78 is 18.3. The van der Waals surface area contributed by atoms with Gasteiger partial charge < -0.3 is 19.3 Å². The molecule has 6 nitrogen and oxygen atoms in total. The van der Waals surface area contributed by atoms with Crippen molar-refractivity contribution in [3.05, 3.63) is 23.8 Å². The van der Waals surface area contributed by atoms with E-state index in [1.165, 1.54) is 0 Å². The molecule has 0 saturated carbocycles. The number of methoxy groups -OCH3 is 1. The summed E-state index contributed by atoms with van der Waals surface area (Å²) in [5.74, 6) is 1.47. The highest BCUT2D eigenvalue weighted by molar-refractivity contribution is 5.69. The fraction of sp³-hybridized carbons (Fsp3) is 0.650. The Morgan fingerprint density at radius 2 is 2.23 bits per heavy atom. The van der Waals surface area contributed by atoms with Gasteiger partial charge in [0.25, 0.3) is 0 Å². The first kappa shape index (κ1) is 17.6. The summed E-state index contributed by atoms with van der Waals surface area (Å²) in [7, 11) is 1.66. The van der Waals surface area contributed by atoms with Crippen LogP contribution in [0.4, 0.5) is 0 Å². The molecule has 3 aliphatic heterocycles. The van der Waals surface area contributed by atoms with Crippen molar-refractivity contribution in [2.45, 2.75) is 44.5 Å². The smallest absolute Gasteiger partial charge is 0.317 e. The molecule has 2 saturated heterocycles. The van der Waals surface area contributed by atoms with Crippen molar-refractivity contribution in [2.75, 3.05) is 26.7 Å². The van der Waals surface area contributed by atoms with E-state index in [0.717, 1.165) is 43.0 Å². The van der Waals surface area contributed by atoms with Crippen LogP contribution in [0.3, 0.4) is 0 Å². The second-order valence-electron chi connectivity index (χ2n) is 8.22. The lowest BCUT2D eigenvalue weighted by molar-refractivity contribution is -0.188. The Kier molecular flexibility index (Phi) is 4.35. The van der Waals surface area contributed by atoms with Gasteiger partial charge in [-0.1, -0.05) is 0 Å². The lowest BCUT2D eigenvalue weighted by Gasteiger charge is -2.53. The summed E-state index contributed by atoms with van der Waals surface area (Å²) in [5.41, 5.74) is 0.755. The van der Waals surface area contributed by atoms with Crippen molar-refractivity contribution in [3.63, 3.8) is 0 Å². The minimum atomic E-state index is -0.762. The number of carboxylic acids is 1. The molecule has 3 heterocycles. The molecule has 0 aliphatic carbocycles. The zero-order valence-corrected chi connectivity index (χ0v) is 15.6. The molecule has 1 aromatic carbocycles. The maximum absolute atomic E-state index is 11.0. The zero-order valence-electron chi connectivity index (χ0n) is 15.6. The third-order valence-corrected chi connectivity index (χ3v) is 6.14. The second kappa shape index (κ2) is 6.43. The summed E-state index contributed by atoms with van der Waals surface area (Å²) in [4.78, 5) is 13.1. The Bertz CT molecular complexity index is 703. The number of carboxylic acid groups (broad SMARTS) is 1. The van der Waals surface area contributed by atoms with Gasteiger partial charge in [0.05, 0.1) is 25.9 Å². The van der Waals surface area contributed by atoms with Crippen molar-refractivity contribution >= 4 is 5.97 Å². The highest BCUT2D eigenvalue weighted by Crippen LogP contribution is 2.53. The number of benzene rings is 1. The van der Waals surface area contributed by atoms with Crippen LogP contribution in [0.5, 0.6) is 11.5 Å². The average molecular weight is 361 g/mol. The van der Waals surface area contributed by atoms with E-state index in [9.17, 15) is 4.79 Å². The van der Waals surface area contributed by atoms with Crippen LogP contribution in [-0.2, 0) is 9.53 Å². The van der Waals surface area contributed by atoms with Gasteiger partial charge in [0, 0.05) is 30.6 Å². The number of hydrogen-bond donors (Lipinski definition) is 1. The molecular formula is C20H27NO5. The van der Waals surface area contributed by atoms with E-state index in [0.29, 0.717) is 5.92 Å². The maximum atomic E-state index is 11.0. The predicted molar refractivity (Wildman–Crippen MR) is 95.6 cm³/mol. The van der Waals surface area contributed by atoms with E-state index in [2.05, 4.69) is 19.9 Å². The first-order valence-electron chi connectivity index (χ1n) is 9.34. The normalized spacial score (nSPS) is 32.6. The topological polar surface area (TPSA) is 68.2 Å². The molecule has 0 radical (unpaired) electrons. The highest BCUT2D eigenvalue weighted by Gasteiger charge is 2.51. The van der Waals surface area contributed by atoms with Crippen LogP contribution in [0.1, 0.15) is 38.4 Å². The molecule has 1 aromatic rings. The van der Waals surface area contributed by atoms with Crippen LogP contribution in [0, 0.1) is 11.8 Å². The molecule has 3 aliphatic rings. The zero-order chi connectivity index (χ0) is 18.5. The van der Waals surface area contributed by atoms with Crippen LogP contribution in [0.15, 0.2) is 18.2 Å². The van der Waals surface area contributed by atoms with Gasteiger partial charge in [0.1, 0.15) is 17.1 Å². The largest absolute Gasteiger partial charge is 0.497 e. The number of likely N-dealkylation sites (tertiary alicyclic amines) is 1. The van der Waals surface area contributed by atoms with Gasteiger partial charge in [0.15, 0.2) is 0 Å². The standard InChI is InChI=1S/C20H27NO5/c1-20(2)15-8-12-10-21(11-18(22)23)7-6-16(12)25-19(15)14-5-4-13(24-3)9-17(14)26-20/h4-5,9,12,15-16,19H,6-8,10-11H2,1-3H3,(H,22,23)/t12-,15+,16+,19-/m1/s1. The third-order valence-electron chi connectivity index (χ3n) is 6.14. The van der Waals surface area contributed by atoms with Crippen molar-refractivity contribution in [1.29, 1.82) is 0 Å². The van der Waals surface area contributed by atoms with Crippen LogP contribution < -0.4 is 9.47 Å². The number of piperidine rings is 1. The number of fused-ring (bicyclic) bond motifs is 4. The van der Waals surface area contributed by atoms with Gasteiger partial charge in [-0.05, 0) is 44.7 Å². The molecule has 1 N–H and O–H groups in total. The number of carbonyl (C=O) groups is 1. The summed E-state index contributed by atoms with van der Waals surface area (Å²) in [6, 6.07) is 5.96. The minimum Gasteiger partial charge on any atom is -0.497 e. The fourth-order valence-corrected chi connectivity index (χ4v) is 4.82. The van der Waals surface area contributed by atoms with E-state index in [1.807, 2.05) is 17.0 Å². The lowest BCUT2D eigenvalue weighted by Crippen LogP contribution is -2.55. The highest BCUT2D eigenvalue weighted by atomic mass is 16.5. The predicted octanol–water partition coefficient (Wildman–Crippen LogP) is 2.72. The molecule has 0 aromatic heterocycles. The molecule has 142 valence electrons. The number of ether oxygens (including phenoxy) is 3. The monoisotopic (exact) mass is 361 g/mol. The molecule has 4 atom stereocenters. The van der Waals surface area contributed by atoms with E-state index >= 15 is 0 Å². The Labute approximate surface area is 154 Å².